The van der Waals surface area contributed by atoms with Gasteiger partial charge in [0.2, 0.25) is 5.91 Å². The molecule has 0 aliphatic carbocycles. The van der Waals surface area contributed by atoms with Crippen molar-refractivity contribution in [1.82, 2.24) is 9.88 Å². The minimum atomic E-state index is 0.126. The number of halogens is 1. The van der Waals surface area contributed by atoms with Crippen molar-refractivity contribution in [3.63, 3.8) is 0 Å². The molecule has 1 heterocycles. The molecule has 1 aromatic heterocycles. The Balaban J connectivity index is 1.64. The van der Waals surface area contributed by atoms with Crippen LogP contribution in [-0.2, 0) is 4.79 Å². The van der Waals surface area contributed by atoms with Crippen molar-refractivity contribution >= 4 is 56.0 Å². The Kier molecular flexibility index (Phi) is 7.73. The average Bonchev–Trinajstić information content (AvgIpc) is 3.08. The minimum Gasteiger partial charge on any atom is -0.308 e. The Hall–Kier alpha value is -1.60. The average molecular weight is 434 g/mol. The topological polar surface area (TPSA) is 36.4 Å². The summed E-state index contributed by atoms with van der Waals surface area (Å²) in [4.78, 5) is 22.8. The van der Waals surface area contributed by atoms with E-state index in [0.717, 1.165) is 34.1 Å². The number of aromatic nitrogens is 1. The summed E-state index contributed by atoms with van der Waals surface area (Å²) in [6.07, 6.45) is 1.36. The number of likely N-dealkylation sites (N-methyl/N-ethyl adjacent to an activating group) is 1. The maximum absolute atomic E-state index is 13.0. The fraction of sp³-hybridized carbons (Fsp3) is 0.333. The molecule has 3 aromatic rings. The highest BCUT2D eigenvalue weighted by molar-refractivity contribution is 7.99. The van der Waals surface area contributed by atoms with Crippen LogP contribution in [0.5, 0.6) is 0 Å². The fourth-order valence-electron chi connectivity index (χ4n) is 2.69. The van der Waals surface area contributed by atoms with Crippen LogP contribution in [0.15, 0.2) is 53.4 Å². The Morgan fingerprint density at radius 3 is 2.68 bits per heavy atom. The van der Waals surface area contributed by atoms with E-state index < -0.39 is 0 Å². The van der Waals surface area contributed by atoms with E-state index in [1.54, 1.807) is 11.8 Å². The van der Waals surface area contributed by atoms with Gasteiger partial charge in [-0.15, -0.1) is 11.8 Å². The van der Waals surface area contributed by atoms with Crippen molar-refractivity contribution in [3.8, 4) is 0 Å². The highest BCUT2D eigenvalue weighted by Gasteiger charge is 2.19. The molecule has 0 saturated carbocycles. The summed E-state index contributed by atoms with van der Waals surface area (Å²) >= 11 is 9.41. The number of fused-ring (bicyclic) bond motifs is 1. The molecule has 1 amide bonds. The number of carbonyl (C=O) groups is 1. The standard InChI is InChI=1S/C21H24ClN3OS2/c1-24(2)12-13-25(21-23-18-11-10-16(22)15-19(18)28-21)20(26)9-6-14-27-17-7-4-3-5-8-17/h3-5,7-8,10-11,15H,6,9,12-14H2,1-2H3. The summed E-state index contributed by atoms with van der Waals surface area (Å²) < 4.78 is 1.00. The number of thiazole rings is 1. The molecule has 0 spiro atoms. The van der Waals surface area contributed by atoms with Gasteiger partial charge < -0.3 is 4.90 Å². The lowest BCUT2D eigenvalue weighted by Gasteiger charge is -2.22. The number of hydrogen-bond acceptors (Lipinski definition) is 5. The van der Waals surface area contributed by atoms with E-state index in [0.29, 0.717) is 18.0 Å². The number of amides is 1. The van der Waals surface area contributed by atoms with E-state index in [1.165, 1.54) is 16.2 Å². The normalized spacial score (nSPS) is 11.3. The van der Waals surface area contributed by atoms with Gasteiger partial charge in [-0.05, 0) is 56.6 Å². The number of anilines is 1. The van der Waals surface area contributed by atoms with Crippen LogP contribution in [-0.4, -0.2) is 48.7 Å². The molecular formula is C21H24ClN3OS2. The summed E-state index contributed by atoms with van der Waals surface area (Å²) in [6, 6.07) is 15.9. The quantitative estimate of drug-likeness (QED) is 0.333. The number of benzene rings is 2. The molecule has 0 fully saturated rings. The summed E-state index contributed by atoms with van der Waals surface area (Å²) in [7, 11) is 4.02. The van der Waals surface area contributed by atoms with Crippen molar-refractivity contribution in [3.05, 3.63) is 53.6 Å². The first kappa shape index (κ1) is 21.1. The lowest BCUT2D eigenvalue weighted by Crippen LogP contribution is -2.36. The van der Waals surface area contributed by atoms with Gasteiger partial charge in [-0.3, -0.25) is 9.69 Å². The molecule has 2 aromatic carbocycles. The largest absolute Gasteiger partial charge is 0.308 e. The van der Waals surface area contributed by atoms with Gasteiger partial charge >= 0.3 is 0 Å². The predicted molar refractivity (Wildman–Crippen MR) is 122 cm³/mol. The van der Waals surface area contributed by atoms with Gasteiger partial charge in [0.05, 0.1) is 10.2 Å². The van der Waals surface area contributed by atoms with Crippen LogP contribution < -0.4 is 4.90 Å². The van der Waals surface area contributed by atoms with E-state index >= 15 is 0 Å². The van der Waals surface area contributed by atoms with E-state index in [2.05, 4.69) is 22.0 Å². The Labute approximate surface area is 179 Å². The first-order valence-corrected chi connectivity index (χ1v) is 11.4. The van der Waals surface area contributed by atoms with Crippen molar-refractivity contribution < 1.29 is 4.79 Å². The SMILES string of the molecule is CN(C)CCN(C(=O)CCCSc1ccccc1)c1nc2ccc(Cl)cc2s1. The van der Waals surface area contributed by atoms with Crippen molar-refractivity contribution in [2.45, 2.75) is 17.7 Å². The third-order valence-corrected chi connectivity index (χ3v) is 6.56. The molecule has 4 nitrogen and oxygen atoms in total. The molecule has 0 aliphatic heterocycles. The Bertz CT molecular complexity index is 914. The van der Waals surface area contributed by atoms with Gasteiger partial charge in [0.25, 0.3) is 0 Å². The number of thioether (sulfide) groups is 1. The second-order valence-corrected chi connectivity index (χ2v) is 9.34. The Morgan fingerprint density at radius 2 is 1.93 bits per heavy atom. The molecule has 7 heteroatoms. The van der Waals surface area contributed by atoms with Gasteiger partial charge in [-0.2, -0.15) is 0 Å². The van der Waals surface area contributed by atoms with Crippen LogP contribution in [0.3, 0.4) is 0 Å². The molecule has 0 N–H and O–H groups in total. The number of hydrogen-bond donors (Lipinski definition) is 0. The van der Waals surface area contributed by atoms with Gasteiger partial charge in [0, 0.05) is 29.4 Å². The minimum absolute atomic E-state index is 0.126. The molecule has 148 valence electrons. The molecule has 0 aliphatic rings. The highest BCUT2D eigenvalue weighted by Crippen LogP contribution is 2.31. The van der Waals surface area contributed by atoms with Crippen molar-refractivity contribution in [2.75, 3.05) is 37.8 Å². The van der Waals surface area contributed by atoms with Gasteiger partial charge in [0.1, 0.15) is 0 Å². The zero-order chi connectivity index (χ0) is 19.9. The molecule has 3 rings (SSSR count). The van der Waals surface area contributed by atoms with Crippen molar-refractivity contribution in [1.29, 1.82) is 0 Å². The smallest absolute Gasteiger partial charge is 0.228 e. The fourth-order valence-corrected chi connectivity index (χ4v) is 4.85. The lowest BCUT2D eigenvalue weighted by molar-refractivity contribution is -0.118. The van der Waals surface area contributed by atoms with E-state index in [9.17, 15) is 4.79 Å². The summed E-state index contributed by atoms with van der Waals surface area (Å²) in [6.45, 7) is 1.42. The van der Waals surface area contributed by atoms with Gasteiger partial charge in [0.15, 0.2) is 5.13 Å². The van der Waals surface area contributed by atoms with E-state index in [4.69, 9.17) is 11.6 Å². The van der Waals surface area contributed by atoms with Gasteiger partial charge in [-0.1, -0.05) is 41.1 Å². The lowest BCUT2D eigenvalue weighted by atomic mass is 10.3. The number of nitrogens with zero attached hydrogens (tertiary/aromatic N) is 3. The van der Waals surface area contributed by atoms with Gasteiger partial charge in [-0.25, -0.2) is 4.98 Å². The molecule has 0 atom stereocenters. The summed E-state index contributed by atoms with van der Waals surface area (Å²) in [5, 5.41) is 1.44. The maximum Gasteiger partial charge on any atom is 0.228 e. The highest BCUT2D eigenvalue weighted by atomic mass is 35.5. The van der Waals surface area contributed by atoms with Crippen LogP contribution in [0.25, 0.3) is 10.2 Å². The molecule has 0 bridgehead atoms. The van der Waals surface area contributed by atoms with E-state index in [-0.39, 0.29) is 5.91 Å². The van der Waals surface area contributed by atoms with Crippen LogP contribution in [0.1, 0.15) is 12.8 Å². The van der Waals surface area contributed by atoms with Crippen molar-refractivity contribution in [2.24, 2.45) is 0 Å². The van der Waals surface area contributed by atoms with Crippen LogP contribution in [0.2, 0.25) is 5.02 Å². The third-order valence-electron chi connectivity index (χ3n) is 4.19. The zero-order valence-corrected chi connectivity index (χ0v) is 18.5. The summed E-state index contributed by atoms with van der Waals surface area (Å²) in [5.41, 5.74) is 0.881. The molecule has 28 heavy (non-hydrogen) atoms. The first-order valence-electron chi connectivity index (χ1n) is 9.22. The molecule has 0 radical (unpaired) electrons. The maximum atomic E-state index is 13.0. The summed E-state index contributed by atoms with van der Waals surface area (Å²) in [5.74, 6) is 1.05. The molecule has 0 unspecified atom stereocenters. The third kappa shape index (κ3) is 5.95. The number of carbonyl (C=O) groups excluding carboxylic acids is 1. The first-order chi connectivity index (χ1) is 13.5. The molecular weight excluding hydrogens is 410 g/mol. The Morgan fingerprint density at radius 1 is 1.14 bits per heavy atom. The second-order valence-electron chi connectivity index (χ2n) is 6.72. The zero-order valence-electron chi connectivity index (χ0n) is 16.1. The van der Waals surface area contributed by atoms with Crippen LogP contribution in [0, 0.1) is 0 Å². The molecule has 0 saturated heterocycles. The van der Waals surface area contributed by atoms with Crippen LogP contribution in [0.4, 0.5) is 5.13 Å². The van der Waals surface area contributed by atoms with Crippen LogP contribution >= 0.6 is 34.7 Å². The second kappa shape index (κ2) is 10.3. The van der Waals surface area contributed by atoms with E-state index in [1.807, 2.05) is 55.4 Å². The number of rotatable bonds is 9. The predicted octanol–water partition coefficient (Wildman–Crippen LogP) is 5.42. The monoisotopic (exact) mass is 433 g/mol.